The second-order valence-electron chi connectivity index (χ2n) is 3.59. The number of aromatic nitrogens is 2. The van der Waals surface area contributed by atoms with Crippen LogP contribution in [0.4, 0.5) is 11.6 Å². The van der Waals surface area contributed by atoms with Gasteiger partial charge in [-0.1, -0.05) is 0 Å². The molecular formula is C8H13BrN4O. The van der Waals surface area contributed by atoms with Crippen molar-refractivity contribution in [2.24, 2.45) is 0 Å². The van der Waals surface area contributed by atoms with Crippen molar-refractivity contribution >= 4 is 27.6 Å². The number of aliphatic hydroxyl groups is 1. The number of halogens is 1. The van der Waals surface area contributed by atoms with Crippen LogP contribution in [0.1, 0.15) is 13.8 Å². The zero-order chi connectivity index (χ0) is 10.8. The summed E-state index contributed by atoms with van der Waals surface area (Å²) in [6.07, 6.45) is 1.37. The van der Waals surface area contributed by atoms with Gasteiger partial charge in [-0.05, 0) is 29.8 Å². The fourth-order valence-corrected chi connectivity index (χ4v) is 1.15. The number of nitrogens with one attached hydrogen (secondary N) is 1. The van der Waals surface area contributed by atoms with Gasteiger partial charge in [-0.2, -0.15) is 0 Å². The highest BCUT2D eigenvalue weighted by atomic mass is 79.9. The van der Waals surface area contributed by atoms with Gasteiger partial charge in [0.15, 0.2) is 0 Å². The van der Waals surface area contributed by atoms with Gasteiger partial charge in [0.05, 0.1) is 5.60 Å². The van der Waals surface area contributed by atoms with Crippen molar-refractivity contribution in [2.45, 2.75) is 19.4 Å². The van der Waals surface area contributed by atoms with E-state index in [-0.39, 0.29) is 0 Å². The zero-order valence-corrected chi connectivity index (χ0v) is 9.67. The molecule has 0 bridgehead atoms. The van der Waals surface area contributed by atoms with Crippen LogP contribution in [0.15, 0.2) is 10.8 Å². The van der Waals surface area contributed by atoms with Crippen LogP contribution >= 0.6 is 15.9 Å². The second-order valence-corrected chi connectivity index (χ2v) is 4.38. The van der Waals surface area contributed by atoms with Gasteiger partial charge < -0.3 is 16.2 Å². The van der Waals surface area contributed by atoms with Crippen LogP contribution in [0.5, 0.6) is 0 Å². The molecule has 0 saturated heterocycles. The van der Waals surface area contributed by atoms with E-state index >= 15 is 0 Å². The van der Waals surface area contributed by atoms with E-state index in [9.17, 15) is 5.11 Å². The van der Waals surface area contributed by atoms with E-state index < -0.39 is 5.60 Å². The van der Waals surface area contributed by atoms with Gasteiger partial charge >= 0.3 is 0 Å². The maximum atomic E-state index is 9.49. The molecule has 1 rings (SSSR count). The molecule has 1 aromatic heterocycles. The van der Waals surface area contributed by atoms with Crippen LogP contribution in [-0.4, -0.2) is 27.2 Å². The molecule has 0 aromatic carbocycles. The van der Waals surface area contributed by atoms with Crippen molar-refractivity contribution in [1.29, 1.82) is 0 Å². The highest BCUT2D eigenvalue weighted by molar-refractivity contribution is 9.10. The predicted molar refractivity (Wildman–Crippen MR) is 58.9 cm³/mol. The Morgan fingerprint density at radius 3 is 2.79 bits per heavy atom. The highest BCUT2D eigenvalue weighted by Gasteiger charge is 2.13. The molecule has 0 unspecified atom stereocenters. The van der Waals surface area contributed by atoms with Gasteiger partial charge in [-0.15, -0.1) is 0 Å². The fourth-order valence-electron chi connectivity index (χ4n) is 0.807. The Labute approximate surface area is 90.9 Å². The average Bonchev–Trinajstić information content (AvgIpc) is 2.06. The summed E-state index contributed by atoms with van der Waals surface area (Å²) in [6.45, 7) is 3.80. The van der Waals surface area contributed by atoms with Gasteiger partial charge in [-0.25, -0.2) is 9.97 Å². The maximum Gasteiger partial charge on any atom is 0.146 e. The number of nitrogen functional groups attached to an aromatic ring is 1. The number of rotatable bonds is 3. The Morgan fingerprint density at radius 1 is 1.57 bits per heavy atom. The second kappa shape index (κ2) is 4.10. The molecule has 6 heteroatoms. The molecular weight excluding hydrogens is 248 g/mol. The molecule has 78 valence electrons. The standard InChI is InChI=1S/C8H13BrN4O/c1-8(2,14)3-11-7-5(9)6(10)12-4-13-7/h4,14H,3H2,1-2H3,(H3,10,11,12,13). The van der Waals surface area contributed by atoms with E-state index in [4.69, 9.17) is 5.73 Å². The van der Waals surface area contributed by atoms with Gasteiger partial charge in [0.25, 0.3) is 0 Å². The monoisotopic (exact) mass is 260 g/mol. The normalized spacial score (nSPS) is 11.4. The molecule has 5 nitrogen and oxygen atoms in total. The number of anilines is 2. The van der Waals surface area contributed by atoms with Gasteiger partial charge in [0.2, 0.25) is 0 Å². The van der Waals surface area contributed by atoms with Crippen molar-refractivity contribution in [3.8, 4) is 0 Å². The Hall–Kier alpha value is -0.880. The van der Waals surface area contributed by atoms with E-state index in [1.807, 2.05) is 0 Å². The molecule has 14 heavy (non-hydrogen) atoms. The van der Waals surface area contributed by atoms with Crippen molar-refractivity contribution in [3.63, 3.8) is 0 Å². The van der Waals surface area contributed by atoms with Crippen LogP contribution < -0.4 is 11.1 Å². The molecule has 1 aromatic rings. The third-order valence-electron chi connectivity index (χ3n) is 1.50. The summed E-state index contributed by atoms with van der Waals surface area (Å²) in [7, 11) is 0. The van der Waals surface area contributed by atoms with Gasteiger partial charge in [0, 0.05) is 6.54 Å². The molecule has 0 aliphatic heterocycles. The van der Waals surface area contributed by atoms with E-state index in [0.29, 0.717) is 22.7 Å². The molecule has 0 aliphatic carbocycles. The third-order valence-corrected chi connectivity index (χ3v) is 2.29. The van der Waals surface area contributed by atoms with Gasteiger partial charge in [0.1, 0.15) is 22.4 Å². The third kappa shape index (κ3) is 3.12. The summed E-state index contributed by atoms with van der Waals surface area (Å²) in [5.74, 6) is 0.956. The topological polar surface area (TPSA) is 84.1 Å². The molecule has 0 spiro atoms. The molecule has 0 fully saturated rings. The van der Waals surface area contributed by atoms with Crippen molar-refractivity contribution < 1.29 is 5.11 Å². The summed E-state index contributed by atoms with van der Waals surface area (Å²) in [4.78, 5) is 7.78. The Balaban J connectivity index is 2.73. The first-order valence-corrected chi connectivity index (χ1v) is 4.91. The quantitative estimate of drug-likeness (QED) is 0.756. The first-order chi connectivity index (χ1) is 6.40. The van der Waals surface area contributed by atoms with Crippen LogP contribution in [0.25, 0.3) is 0 Å². The lowest BCUT2D eigenvalue weighted by molar-refractivity contribution is 0.0944. The van der Waals surface area contributed by atoms with Crippen LogP contribution in [0.2, 0.25) is 0 Å². The minimum atomic E-state index is -0.793. The molecule has 0 atom stereocenters. The Morgan fingerprint density at radius 2 is 2.21 bits per heavy atom. The summed E-state index contributed by atoms with van der Waals surface area (Å²) >= 11 is 3.25. The number of nitrogens with zero attached hydrogens (tertiary/aromatic N) is 2. The zero-order valence-electron chi connectivity index (χ0n) is 8.08. The van der Waals surface area contributed by atoms with Crippen LogP contribution in [0, 0.1) is 0 Å². The minimum absolute atomic E-state index is 0.373. The Kier molecular flexibility index (Phi) is 3.28. The number of nitrogens with two attached hydrogens (primary N) is 1. The first-order valence-electron chi connectivity index (χ1n) is 4.12. The molecule has 0 amide bonds. The van der Waals surface area contributed by atoms with Crippen molar-refractivity contribution in [3.05, 3.63) is 10.8 Å². The lowest BCUT2D eigenvalue weighted by atomic mass is 10.1. The molecule has 0 saturated carbocycles. The largest absolute Gasteiger partial charge is 0.389 e. The van der Waals surface area contributed by atoms with E-state index in [1.165, 1.54) is 6.33 Å². The van der Waals surface area contributed by atoms with E-state index in [2.05, 4.69) is 31.2 Å². The van der Waals surface area contributed by atoms with Crippen LogP contribution in [0.3, 0.4) is 0 Å². The molecule has 0 aliphatic rings. The van der Waals surface area contributed by atoms with Crippen LogP contribution in [-0.2, 0) is 0 Å². The lowest BCUT2D eigenvalue weighted by Crippen LogP contribution is -2.29. The average molecular weight is 261 g/mol. The summed E-state index contributed by atoms with van der Waals surface area (Å²) in [5, 5.41) is 12.5. The number of hydrogen-bond donors (Lipinski definition) is 3. The molecule has 1 heterocycles. The summed E-state index contributed by atoms with van der Waals surface area (Å²) in [6, 6.07) is 0. The van der Waals surface area contributed by atoms with E-state index in [1.54, 1.807) is 13.8 Å². The van der Waals surface area contributed by atoms with Gasteiger partial charge in [-0.3, -0.25) is 0 Å². The predicted octanol–water partition coefficient (Wildman–Crippen LogP) is 1.00. The minimum Gasteiger partial charge on any atom is -0.389 e. The summed E-state index contributed by atoms with van der Waals surface area (Å²) in [5.41, 5.74) is 4.77. The maximum absolute atomic E-state index is 9.49. The van der Waals surface area contributed by atoms with E-state index in [0.717, 1.165) is 0 Å². The SMILES string of the molecule is CC(C)(O)CNc1ncnc(N)c1Br. The molecule has 4 N–H and O–H groups in total. The highest BCUT2D eigenvalue weighted by Crippen LogP contribution is 2.24. The lowest BCUT2D eigenvalue weighted by Gasteiger charge is -2.18. The smallest absolute Gasteiger partial charge is 0.146 e. The summed E-state index contributed by atoms with van der Waals surface area (Å²) < 4.78 is 0.615. The van der Waals surface area contributed by atoms with Crippen molar-refractivity contribution in [2.75, 3.05) is 17.6 Å². The Bertz CT molecular complexity index is 324. The van der Waals surface area contributed by atoms with Crippen molar-refractivity contribution in [1.82, 2.24) is 9.97 Å². The fraction of sp³-hybridized carbons (Fsp3) is 0.500. The number of hydrogen-bond acceptors (Lipinski definition) is 5. The molecule has 0 radical (unpaired) electrons. The first kappa shape index (κ1) is 11.2.